The summed E-state index contributed by atoms with van der Waals surface area (Å²) >= 11 is 1.69. The fourth-order valence-corrected chi connectivity index (χ4v) is 4.35. The molecule has 0 aliphatic carbocycles. The van der Waals surface area contributed by atoms with Crippen LogP contribution in [0.5, 0.6) is 0 Å². The second kappa shape index (κ2) is 11.5. The van der Waals surface area contributed by atoms with Crippen LogP contribution in [0, 0.1) is 5.82 Å². The molecule has 0 unspecified atom stereocenters. The van der Waals surface area contributed by atoms with Crippen molar-refractivity contribution in [2.24, 2.45) is 4.99 Å². The summed E-state index contributed by atoms with van der Waals surface area (Å²) in [7, 11) is -2.08. The van der Waals surface area contributed by atoms with E-state index in [-0.39, 0.29) is 41.2 Å². The molecule has 10 heteroatoms. The van der Waals surface area contributed by atoms with Gasteiger partial charge >= 0.3 is 0 Å². The van der Waals surface area contributed by atoms with E-state index in [0.29, 0.717) is 12.5 Å². The zero-order valence-corrected chi connectivity index (χ0v) is 19.2. The smallest absolute Gasteiger partial charge is 0.191 e. The highest BCUT2D eigenvalue weighted by Gasteiger charge is 2.18. The predicted octanol–water partition coefficient (Wildman–Crippen LogP) is 2.64. The Balaban J connectivity index is 0.00000364. The molecule has 0 bridgehead atoms. The fourth-order valence-electron chi connectivity index (χ4n) is 2.25. The summed E-state index contributed by atoms with van der Waals surface area (Å²) in [5.41, 5.74) is 0. The highest BCUT2D eigenvalue weighted by molar-refractivity contribution is 14.0. The number of rotatable bonds is 8. The second-order valence-electron chi connectivity index (χ2n) is 5.50. The molecular formula is C17H24FIN4O2S2. The second-order valence-corrected chi connectivity index (χ2v) is 8.78. The zero-order chi connectivity index (χ0) is 19.0. The summed E-state index contributed by atoms with van der Waals surface area (Å²) in [6, 6.07) is 5.39. The molecule has 0 radical (unpaired) electrons. The molecule has 1 aromatic heterocycles. The van der Waals surface area contributed by atoms with Gasteiger partial charge in [0.25, 0.3) is 0 Å². The normalized spacial score (nSPS) is 11.7. The largest absolute Gasteiger partial charge is 0.356 e. The zero-order valence-electron chi connectivity index (χ0n) is 15.2. The molecule has 0 spiro atoms. The van der Waals surface area contributed by atoms with Gasteiger partial charge in [-0.15, -0.1) is 35.3 Å². The Morgan fingerprint density at radius 1 is 1.26 bits per heavy atom. The summed E-state index contributed by atoms with van der Waals surface area (Å²) in [4.78, 5) is 9.38. The maximum atomic E-state index is 13.7. The van der Waals surface area contributed by atoms with Crippen molar-refractivity contribution < 1.29 is 12.8 Å². The van der Waals surface area contributed by atoms with Gasteiger partial charge in [0.2, 0.25) is 0 Å². The van der Waals surface area contributed by atoms with E-state index >= 15 is 0 Å². The number of aryl methyl sites for hydroxylation is 1. The molecular weight excluding hydrogens is 502 g/mol. The molecule has 0 saturated heterocycles. The predicted molar refractivity (Wildman–Crippen MR) is 118 cm³/mol. The van der Waals surface area contributed by atoms with Crippen LogP contribution in [-0.4, -0.2) is 45.3 Å². The van der Waals surface area contributed by atoms with Crippen molar-refractivity contribution in [2.45, 2.75) is 24.7 Å². The van der Waals surface area contributed by atoms with Crippen LogP contribution in [0.4, 0.5) is 4.39 Å². The number of hydrogen-bond donors (Lipinski definition) is 2. The molecule has 6 nitrogen and oxygen atoms in total. The first-order chi connectivity index (χ1) is 12.5. The Labute approximate surface area is 180 Å². The van der Waals surface area contributed by atoms with Crippen LogP contribution < -0.4 is 10.6 Å². The third kappa shape index (κ3) is 7.34. The van der Waals surface area contributed by atoms with Crippen LogP contribution in [-0.2, 0) is 22.7 Å². The van der Waals surface area contributed by atoms with Gasteiger partial charge in [-0.1, -0.05) is 19.1 Å². The number of guanidine groups is 1. The number of aromatic nitrogens is 1. The average Bonchev–Trinajstić information content (AvgIpc) is 3.08. The van der Waals surface area contributed by atoms with Gasteiger partial charge in [-0.25, -0.2) is 17.8 Å². The topological polar surface area (TPSA) is 83.4 Å². The fraction of sp³-hybridized carbons (Fsp3) is 0.412. The van der Waals surface area contributed by atoms with Crippen LogP contribution in [0.1, 0.15) is 16.8 Å². The van der Waals surface area contributed by atoms with Crippen molar-refractivity contribution in [3.05, 3.63) is 46.2 Å². The molecule has 150 valence electrons. The Morgan fingerprint density at radius 3 is 2.59 bits per heavy atom. The summed E-state index contributed by atoms with van der Waals surface area (Å²) < 4.78 is 38.1. The first-order valence-electron chi connectivity index (χ1n) is 8.31. The van der Waals surface area contributed by atoms with Crippen LogP contribution in [0.2, 0.25) is 0 Å². The Bertz CT molecular complexity index is 856. The number of thiazole rings is 1. The van der Waals surface area contributed by atoms with E-state index in [1.807, 2.05) is 6.20 Å². The van der Waals surface area contributed by atoms with E-state index in [1.54, 1.807) is 18.4 Å². The minimum atomic E-state index is -3.69. The Morgan fingerprint density at radius 2 is 1.96 bits per heavy atom. The summed E-state index contributed by atoms with van der Waals surface area (Å²) in [6.07, 6.45) is 3.63. The lowest BCUT2D eigenvalue weighted by molar-refractivity contribution is 0.566. The quantitative estimate of drug-likeness (QED) is 0.314. The maximum absolute atomic E-state index is 13.7. The van der Waals surface area contributed by atoms with Gasteiger partial charge in [-0.2, -0.15) is 0 Å². The average molecular weight is 526 g/mol. The van der Waals surface area contributed by atoms with E-state index < -0.39 is 15.7 Å². The van der Waals surface area contributed by atoms with Gasteiger partial charge in [-0.05, 0) is 18.6 Å². The first kappa shape index (κ1) is 23.8. The molecule has 1 aromatic carbocycles. The van der Waals surface area contributed by atoms with E-state index in [4.69, 9.17) is 0 Å². The Hall–Kier alpha value is -1.27. The van der Waals surface area contributed by atoms with Crippen LogP contribution >= 0.6 is 35.3 Å². The van der Waals surface area contributed by atoms with Gasteiger partial charge < -0.3 is 10.6 Å². The van der Waals surface area contributed by atoms with Gasteiger partial charge in [0.05, 0.1) is 10.8 Å². The van der Waals surface area contributed by atoms with Crippen LogP contribution in [0.15, 0.2) is 40.4 Å². The molecule has 1 heterocycles. The lowest BCUT2D eigenvalue weighted by atomic mass is 10.3. The number of halogens is 2. The Kier molecular flexibility index (Phi) is 10.2. The number of nitrogens with zero attached hydrogens (tertiary/aromatic N) is 2. The van der Waals surface area contributed by atoms with Gasteiger partial charge in [0, 0.05) is 37.6 Å². The third-order valence-electron chi connectivity index (χ3n) is 3.64. The molecule has 2 N–H and O–H groups in total. The van der Waals surface area contributed by atoms with Crippen molar-refractivity contribution in [1.82, 2.24) is 15.6 Å². The lowest BCUT2D eigenvalue weighted by Gasteiger charge is -2.11. The molecule has 0 fully saturated rings. The highest BCUT2D eigenvalue weighted by Crippen LogP contribution is 2.15. The molecule has 2 aromatic rings. The number of nitrogens with one attached hydrogen (secondary N) is 2. The molecule has 0 aliphatic rings. The van der Waals surface area contributed by atoms with Gasteiger partial charge in [-0.3, -0.25) is 4.99 Å². The number of sulfone groups is 1. The van der Waals surface area contributed by atoms with E-state index in [2.05, 4.69) is 27.5 Å². The van der Waals surface area contributed by atoms with Crippen LogP contribution in [0.25, 0.3) is 0 Å². The van der Waals surface area contributed by atoms with Crippen LogP contribution in [0.3, 0.4) is 0 Å². The molecule has 27 heavy (non-hydrogen) atoms. The SMILES string of the molecule is CCc1cnc(CCNC(=NC)NCCS(=O)(=O)c2ccccc2F)s1.I. The van der Waals surface area contributed by atoms with E-state index in [9.17, 15) is 12.8 Å². The van der Waals surface area contributed by atoms with Crippen molar-refractivity contribution in [3.63, 3.8) is 0 Å². The summed E-state index contributed by atoms with van der Waals surface area (Å²) in [6.45, 7) is 2.86. The lowest BCUT2D eigenvalue weighted by Crippen LogP contribution is -2.40. The van der Waals surface area contributed by atoms with Gasteiger partial charge in [0.1, 0.15) is 10.7 Å². The van der Waals surface area contributed by atoms with Gasteiger partial charge in [0.15, 0.2) is 15.8 Å². The van der Waals surface area contributed by atoms with E-state index in [1.165, 1.54) is 23.1 Å². The molecule has 0 saturated carbocycles. The maximum Gasteiger partial charge on any atom is 0.191 e. The summed E-state index contributed by atoms with van der Waals surface area (Å²) in [5.74, 6) is -0.452. The number of aliphatic imine (C=N–C) groups is 1. The molecule has 0 aliphatic heterocycles. The monoisotopic (exact) mass is 526 g/mol. The van der Waals surface area contributed by atoms with Crippen molar-refractivity contribution in [2.75, 3.05) is 25.9 Å². The van der Waals surface area contributed by atoms with E-state index in [0.717, 1.165) is 23.9 Å². The molecule has 0 atom stereocenters. The minimum Gasteiger partial charge on any atom is -0.356 e. The van der Waals surface area contributed by atoms with Crippen molar-refractivity contribution in [3.8, 4) is 0 Å². The summed E-state index contributed by atoms with van der Waals surface area (Å²) in [5, 5.41) is 7.10. The highest BCUT2D eigenvalue weighted by atomic mass is 127. The first-order valence-corrected chi connectivity index (χ1v) is 10.8. The number of hydrogen-bond acceptors (Lipinski definition) is 5. The van der Waals surface area contributed by atoms with Crippen molar-refractivity contribution in [1.29, 1.82) is 0 Å². The standard InChI is InChI=1S/C17H23FN4O2S2.HI/c1-3-13-12-22-16(25-13)8-9-20-17(19-2)21-10-11-26(23,24)15-7-5-4-6-14(15)18;/h4-7,12H,3,8-11H2,1-2H3,(H2,19,20,21);1H. The number of benzene rings is 1. The minimum absolute atomic E-state index is 0. The molecule has 2 rings (SSSR count). The molecule has 0 amide bonds. The third-order valence-corrected chi connectivity index (χ3v) is 6.58. The van der Waals surface area contributed by atoms with Crippen molar-refractivity contribution >= 4 is 51.1 Å².